The normalized spacial score (nSPS) is 11.1. The standard InChI is InChI=1S/C26H19Cl2NO4/c1-32-18-6-4-5-16(13-18)9-12-24(30)33-15-21-25(19-7-2-3-8-22(19)28)20-14-17(27)10-11-23(20)29-26(21)31/h2-14H,15H2,1H3,(H,29,31)/b12-9+. The van der Waals surface area contributed by atoms with Gasteiger partial charge in [0.15, 0.2) is 0 Å². The maximum Gasteiger partial charge on any atom is 0.331 e. The first kappa shape index (κ1) is 22.6. The molecule has 3 aromatic carbocycles. The minimum Gasteiger partial charge on any atom is -0.497 e. The topological polar surface area (TPSA) is 68.4 Å². The maximum atomic E-state index is 12.9. The van der Waals surface area contributed by atoms with Crippen LogP contribution in [0.2, 0.25) is 10.0 Å². The summed E-state index contributed by atoms with van der Waals surface area (Å²) in [5.41, 5.74) is 2.51. The third kappa shape index (κ3) is 5.11. The number of carbonyl (C=O) groups excluding carboxylic acids is 1. The number of esters is 1. The lowest BCUT2D eigenvalue weighted by Crippen LogP contribution is -2.17. The number of aromatic amines is 1. The molecule has 4 rings (SSSR count). The van der Waals surface area contributed by atoms with Gasteiger partial charge in [-0.05, 0) is 48.0 Å². The molecule has 0 atom stereocenters. The summed E-state index contributed by atoms with van der Waals surface area (Å²) in [6, 6.07) is 19.6. The van der Waals surface area contributed by atoms with Gasteiger partial charge in [-0.3, -0.25) is 4.79 Å². The van der Waals surface area contributed by atoms with Gasteiger partial charge in [-0.2, -0.15) is 0 Å². The molecule has 0 radical (unpaired) electrons. The van der Waals surface area contributed by atoms with Crippen LogP contribution < -0.4 is 10.3 Å². The van der Waals surface area contributed by atoms with Crippen molar-refractivity contribution >= 4 is 46.2 Å². The Morgan fingerprint density at radius 2 is 1.85 bits per heavy atom. The molecule has 33 heavy (non-hydrogen) atoms. The second kappa shape index (κ2) is 9.94. The fraction of sp³-hybridized carbons (Fsp3) is 0.0769. The SMILES string of the molecule is COc1cccc(/C=C/C(=O)OCc2c(-c3ccccc3Cl)c3cc(Cl)ccc3[nH]c2=O)c1. The van der Waals surface area contributed by atoms with Gasteiger partial charge in [-0.25, -0.2) is 4.79 Å². The molecule has 0 spiro atoms. The van der Waals surface area contributed by atoms with Crippen LogP contribution in [0.25, 0.3) is 28.1 Å². The molecular weight excluding hydrogens is 461 g/mol. The fourth-order valence-corrected chi connectivity index (χ4v) is 3.92. The van der Waals surface area contributed by atoms with E-state index in [4.69, 9.17) is 32.7 Å². The number of carbonyl (C=O) groups is 1. The van der Waals surface area contributed by atoms with Gasteiger partial charge >= 0.3 is 5.97 Å². The zero-order valence-electron chi connectivity index (χ0n) is 17.6. The number of fused-ring (bicyclic) bond motifs is 1. The average molecular weight is 480 g/mol. The maximum absolute atomic E-state index is 12.9. The minimum atomic E-state index is -0.589. The van der Waals surface area contributed by atoms with Crippen molar-refractivity contribution in [2.24, 2.45) is 0 Å². The number of hydrogen-bond acceptors (Lipinski definition) is 4. The summed E-state index contributed by atoms with van der Waals surface area (Å²) < 4.78 is 10.6. The van der Waals surface area contributed by atoms with Gasteiger partial charge in [-0.1, -0.05) is 53.5 Å². The van der Waals surface area contributed by atoms with Crippen molar-refractivity contribution in [2.75, 3.05) is 7.11 Å². The zero-order valence-corrected chi connectivity index (χ0v) is 19.1. The van der Waals surface area contributed by atoms with E-state index in [1.807, 2.05) is 30.3 Å². The van der Waals surface area contributed by atoms with Gasteiger partial charge in [0.05, 0.1) is 12.7 Å². The summed E-state index contributed by atoms with van der Waals surface area (Å²) in [5.74, 6) is 0.0878. The second-order valence-electron chi connectivity index (χ2n) is 7.20. The van der Waals surface area contributed by atoms with Gasteiger partial charge in [0.25, 0.3) is 5.56 Å². The van der Waals surface area contributed by atoms with Crippen LogP contribution in [0.1, 0.15) is 11.1 Å². The van der Waals surface area contributed by atoms with Gasteiger partial charge < -0.3 is 14.5 Å². The van der Waals surface area contributed by atoms with Gasteiger partial charge in [0.2, 0.25) is 0 Å². The molecule has 5 nitrogen and oxygen atoms in total. The zero-order chi connectivity index (χ0) is 23.4. The Bertz CT molecular complexity index is 1430. The molecule has 0 aliphatic heterocycles. The molecule has 0 aliphatic rings. The molecule has 4 aromatic rings. The minimum absolute atomic E-state index is 0.236. The second-order valence-corrected chi connectivity index (χ2v) is 8.04. The summed E-state index contributed by atoms with van der Waals surface area (Å²) in [7, 11) is 1.57. The fourth-order valence-electron chi connectivity index (χ4n) is 3.52. The molecule has 0 saturated heterocycles. The highest BCUT2D eigenvalue weighted by Crippen LogP contribution is 2.35. The van der Waals surface area contributed by atoms with E-state index in [0.29, 0.717) is 37.8 Å². The number of rotatable bonds is 6. The molecule has 0 aliphatic carbocycles. The van der Waals surface area contributed by atoms with E-state index in [1.165, 1.54) is 6.08 Å². The van der Waals surface area contributed by atoms with Crippen LogP contribution in [0.15, 0.2) is 77.6 Å². The molecule has 1 heterocycles. The largest absolute Gasteiger partial charge is 0.497 e. The lowest BCUT2D eigenvalue weighted by atomic mass is 9.96. The van der Waals surface area contributed by atoms with Crippen LogP contribution >= 0.6 is 23.2 Å². The summed E-state index contributed by atoms with van der Waals surface area (Å²) in [4.78, 5) is 28.1. The molecule has 0 amide bonds. The first-order valence-corrected chi connectivity index (χ1v) is 10.8. The van der Waals surface area contributed by atoms with E-state index in [-0.39, 0.29) is 17.7 Å². The highest BCUT2D eigenvalue weighted by Gasteiger charge is 2.18. The highest BCUT2D eigenvalue weighted by atomic mass is 35.5. The molecule has 0 saturated carbocycles. The predicted molar refractivity (Wildman–Crippen MR) is 132 cm³/mol. The van der Waals surface area contributed by atoms with Crippen LogP contribution in [0.4, 0.5) is 0 Å². The van der Waals surface area contributed by atoms with Crippen molar-refractivity contribution < 1.29 is 14.3 Å². The number of hydrogen-bond donors (Lipinski definition) is 1. The number of halogens is 2. The lowest BCUT2D eigenvalue weighted by Gasteiger charge is -2.14. The van der Waals surface area contributed by atoms with Crippen molar-refractivity contribution in [3.63, 3.8) is 0 Å². The van der Waals surface area contributed by atoms with E-state index in [9.17, 15) is 9.59 Å². The predicted octanol–water partition coefficient (Wildman–Crippen LogP) is 6.27. The molecule has 166 valence electrons. The Hall–Kier alpha value is -3.54. The van der Waals surface area contributed by atoms with Crippen LogP contribution in [0.3, 0.4) is 0 Å². The van der Waals surface area contributed by atoms with E-state index in [2.05, 4.69) is 4.98 Å². The Morgan fingerprint density at radius 3 is 2.64 bits per heavy atom. The van der Waals surface area contributed by atoms with Crippen LogP contribution in [-0.2, 0) is 16.1 Å². The average Bonchev–Trinajstić information content (AvgIpc) is 2.82. The van der Waals surface area contributed by atoms with E-state index < -0.39 is 5.97 Å². The van der Waals surface area contributed by atoms with E-state index in [1.54, 1.807) is 49.6 Å². The Balaban J connectivity index is 1.69. The van der Waals surface area contributed by atoms with E-state index in [0.717, 1.165) is 5.56 Å². The monoisotopic (exact) mass is 479 g/mol. The van der Waals surface area contributed by atoms with Crippen molar-refractivity contribution in [1.29, 1.82) is 0 Å². The van der Waals surface area contributed by atoms with Gasteiger partial charge in [0, 0.05) is 38.2 Å². The van der Waals surface area contributed by atoms with Crippen molar-refractivity contribution in [3.05, 3.63) is 104 Å². The quantitative estimate of drug-likeness (QED) is 0.261. The van der Waals surface area contributed by atoms with E-state index >= 15 is 0 Å². The summed E-state index contributed by atoms with van der Waals surface area (Å²) in [6.07, 6.45) is 2.92. The van der Waals surface area contributed by atoms with Gasteiger partial charge in [-0.15, -0.1) is 0 Å². The Morgan fingerprint density at radius 1 is 1.03 bits per heavy atom. The Kier molecular flexibility index (Phi) is 6.82. The number of aromatic nitrogens is 1. The number of nitrogens with one attached hydrogen (secondary N) is 1. The summed E-state index contributed by atoms with van der Waals surface area (Å²) in [6.45, 7) is -0.236. The van der Waals surface area contributed by atoms with Crippen LogP contribution in [0, 0.1) is 0 Å². The number of H-pyrrole nitrogens is 1. The highest BCUT2D eigenvalue weighted by molar-refractivity contribution is 6.34. The first-order valence-electron chi connectivity index (χ1n) is 10.0. The van der Waals surface area contributed by atoms with Crippen LogP contribution in [0.5, 0.6) is 5.75 Å². The molecule has 0 unspecified atom stereocenters. The number of benzene rings is 3. The number of pyridine rings is 1. The number of methoxy groups -OCH3 is 1. The Labute approximate surface area is 200 Å². The lowest BCUT2D eigenvalue weighted by molar-refractivity contribution is -0.138. The third-order valence-electron chi connectivity index (χ3n) is 5.08. The molecule has 0 bridgehead atoms. The smallest absolute Gasteiger partial charge is 0.331 e. The number of ether oxygens (including phenoxy) is 2. The molecule has 1 aromatic heterocycles. The molecule has 1 N–H and O–H groups in total. The molecular formula is C26H19Cl2NO4. The van der Waals surface area contributed by atoms with Crippen molar-refractivity contribution in [1.82, 2.24) is 4.98 Å². The van der Waals surface area contributed by atoms with Crippen molar-refractivity contribution in [3.8, 4) is 16.9 Å². The first-order chi connectivity index (χ1) is 16.0. The summed E-state index contributed by atoms with van der Waals surface area (Å²) >= 11 is 12.7. The summed E-state index contributed by atoms with van der Waals surface area (Å²) in [5, 5.41) is 1.68. The van der Waals surface area contributed by atoms with Gasteiger partial charge in [0.1, 0.15) is 12.4 Å². The molecule has 7 heteroatoms. The third-order valence-corrected chi connectivity index (χ3v) is 5.65. The van der Waals surface area contributed by atoms with Crippen molar-refractivity contribution in [2.45, 2.75) is 6.61 Å². The molecule has 0 fully saturated rings. The van der Waals surface area contributed by atoms with Crippen LogP contribution in [-0.4, -0.2) is 18.1 Å².